The normalized spacial score (nSPS) is 28.0. The lowest BCUT2D eigenvalue weighted by atomic mass is 9.68. The van der Waals surface area contributed by atoms with Crippen molar-refractivity contribution in [3.63, 3.8) is 0 Å². The number of anilines is 2. The Balaban J connectivity index is 1.33. The topological polar surface area (TPSA) is 61.3 Å². The maximum atomic E-state index is 5.99. The van der Waals surface area contributed by atoms with Gasteiger partial charge in [-0.25, -0.2) is 0 Å². The Bertz CT molecular complexity index is 770. The van der Waals surface area contributed by atoms with Gasteiger partial charge < -0.3 is 16.2 Å². The van der Waals surface area contributed by atoms with Crippen LogP contribution >= 0.6 is 0 Å². The third-order valence-electron chi connectivity index (χ3n) is 7.12. The Labute approximate surface area is 169 Å². The molecule has 0 unspecified atom stereocenters. The summed E-state index contributed by atoms with van der Waals surface area (Å²) in [5.41, 5.74) is 14.5. The number of nitrogen functional groups attached to an aromatic ring is 2. The van der Waals surface area contributed by atoms with Gasteiger partial charge in [0.2, 0.25) is 0 Å². The van der Waals surface area contributed by atoms with Crippen molar-refractivity contribution in [1.29, 1.82) is 0 Å². The number of ether oxygens (including phenoxy) is 1. The molecule has 0 aliphatic heterocycles. The van der Waals surface area contributed by atoms with Gasteiger partial charge in [0.1, 0.15) is 5.75 Å². The van der Waals surface area contributed by atoms with Crippen molar-refractivity contribution in [3.8, 4) is 11.5 Å². The fourth-order valence-electron chi connectivity index (χ4n) is 5.26. The van der Waals surface area contributed by atoms with Crippen LogP contribution in [0, 0.1) is 17.8 Å². The quantitative estimate of drug-likeness (QED) is 0.579. The van der Waals surface area contributed by atoms with E-state index in [-0.39, 0.29) is 0 Å². The highest BCUT2D eigenvalue weighted by Crippen LogP contribution is 2.44. The van der Waals surface area contributed by atoms with E-state index >= 15 is 0 Å². The molecule has 0 amide bonds. The summed E-state index contributed by atoms with van der Waals surface area (Å²) >= 11 is 0. The molecule has 0 bridgehead atoms. The largest absolute Gasteiger partial charge is 0.455 e. The van der Waals surface area contributed by atoms with Crippen molar-refractivity contribution in [2.75, 3.05) is 11.5 Å². The van der Waals surface area contributed by atoms with Crippen molar-refractivity contribution < 1.29 is 4.74 Å². The molecule has 3 nitrogen and oxygen atoms in total. The molecule has 2 aliphatic rings. The van der Waals surface area contributed by atoms with Gasteiger partial charge in [-0.2, -0.15) is 0 Å². The molecule has 2 fully saturated rings. The van der Waals surface area contributed by atoms with E-state index < -0.39 is 0 Å². The van der Waals surface area contributed by atoms with Crippen LogP contribution in [-0.4, -0.2) is 0 Å². The van der Waals surface area contributed by atoms with Crippen LogP contribution in [0.25, 0.3) is 0 Å². The number of hydrogen-bond acceptors (Lipinski definition) is 3. The van der Waals surface area contributed by atoms with E-state index in [9.17, 15) is 0 Å². The molecule has 4 rings (SSSR count). The summed E-state index contributed by atoms with van der Waals surface area (Å²) in [6.07, 6.45) is 11.3. The lowest BCUT2D eigenvalue weighted by molar-refractivity contribution is 0.165. The zero-order valence-corrected chi connectivity index (χ0v) is 17.1. The monoisotopic (exact) mass is 378 g/mol. The molecule has 4 N–H and O–H groups in total. The van der Waals surface area contributed by atoms with E-state index in [0.29, 0.717) is 23.0 Å². The maximum absolute atomic E-state index is 5.99. The summed E-state index contributed by atoms with van der Waals surface area (Å²) in [4.78, 5) is 0. The van der Waals surface area contributed by atoms with Crippen LogP contribution in [0.4, 0.5) is 11.4 Å². The van der Waals surface area contributed by atoms with E-state index in [1.807, 2.05) is 0 Å². The van der Waals surface area contributed by atoms with Crippen molar-refractivity contribution in [1.82, 2.24) is 0 Å². The number of nitrogens with two attached hydrogens (primary N) is 2. The molecule has 0 atom stereocenters. The average molecular weight is 379 g/mol. The first-order valence-corrected chi connectivity index (χ1v) is 11.0. The van der Waals surface area contributed by atoms with Gasteiger partial charge in [0.15, 0.2) is 5.75 Å². The van der Waals surface area contributed by atoms with Crippen molar-refractivity contribution in [2.45, 2.75) is 64.2 Å². The lowest BCUT2D eigenvalue weighted by Crippen LogP contribution is -2.24. The second kappa shape index (κ2) is 8.46. The van der Waals surface area contributed by atoms with E-state index in [1.165, 1.54) is 56.9 Å². The van der Waals surface area contributed by atoms with E-state index in [4.69, 9.17) is 16.2 Å². The van der Waals surface area contributed by atoms with E-state index in [1.54, 1.807) is 18.2 Å². The fourth-order valence-corrected chi connectivity index (χ4v) is 5.26. The molecule has 150 valence electrons. The van der Waals surface area contributed by atoms with E-state index in [2.05, 4.69) is 31.2 Å². The minimum Gasteiger partial charge on any atom is -0.455 e. The number of hydrogen-bond donors (Lipinski definition) is 2. The van der Waals surface area contributed by atoms with Crippen molar-refractivity contribution in [2.24, 2.45) is 17.8 Å². The molecule has 2 aromatic carbocycles. The van der Waals surface area contributed by atoms with Gasteiger partial charge in [-0.3, -0.25) is 0 Å². The molecule has 0 radical (unpaired) electrons. The average Bonchev–Trinajstić information content (AvgIpc) is 2.72. The summed E-state index contributed by atoms with van der Waals surface area (Å²) in [6.45, 7) is 2.42. The molecule has 3 heteroatoms. The fraction of sp³-hybridized carbons (Fsp3) is 0.520. The molecule has 0 heterocycles. The molecule has 2 aromatic rings. The van der Waals surface area contributed by atoms with Crippen molar-refractivity contribution >= 4 is 11.4 Å². The SMILES string of the molecule is CC1CCC(C2CCC(c3ccc(Oc4cc(N)ccc4N)cc3)CC2)CC1. The predicted octanol–water partition coefficient (Wildman–Crippen LogP) is 6.74. The first-order chi connectivity index (χ1) is 13.6. The molecule has 28 heavy (non-hydrogen) atoms. The van der Waals surface area contributed by atoms with Gasteiger partial charge in [0, 0.05) is 11.8 Å². The third-order valence-corrected chi connectivity index (χ3v) is 7.12. The van der Waals surface area contributed by atoms with Crippen LogP contribution in [0.1, 0.15) is 69.8 Å². The van der Waals surface area contributed by atoms with Crippen LogP contribution in [0.5, 0.6) is 11.5 Å². The van der Waals surface area contributed by atoms with Gasteiger partial charge in [0.05, 0.1) is 5.69 Å². The Hall–Kier alpha value is -2.16. The number of benzene rings is 2. The minimum absolute atomic E-state index is 0.605. The molecule has 0 spiro atoms. The summed E-state index contributed by atoms with van der Waals surface area (Å²) in [6, 6.07) is 13.9. The van der Waals surface area contributed by atoms with Crippen LogP contribution in [0.15, 0.2) is 42.5 Å². The Kier molecular flexibility index (Phi) is 5.79. The maximum Gasteiger partial charge on any atom is 0.152 e. The Morgan fingerprint density at radius 3 is 2.00 bits per heavy atom. The summed E-state index contributed by atoms with van der Waals surface area (Å²) in [7, 11) is 0. The van der Waals surface area contributed by atoms with E-state index in [0.717, 1.165) is 23.5 Å². The smallest absolute Gasteiger partial charge is 0.152 e. The Morgan fingerprint density at radius 2 is 1.36 bits per heavy atom. The Morgan fingerprint density at radius 1 is 0.750 bits per heavy atom. The van der Waals surface area contributed by atoms with Crippen LogP contribution < -0.4 is 16.2 Å². The lowest BCUT2D eigenvalue weighted by Gasteiger charge is -2.37. The molecule has 0 aromatic heterocycles. The van der Waals surface area contributed by atoms with Gasteiger partial charge in [-0.05, 0) is 92.0 Å². The molecule has 0 saturated heterocycles. The molecule has 2 aliphatic carbocycles. The minimum atomic E-state index is 0.605. The predicted molar refractivity (Wildman–Crippen MR) is 118 cm³/mol. The highest BCUT2D eigenvalue weighted by Gasteiger charge is 2.30. The third kappa shape index (κ3) is 4.45. The second-order valence-electron chi connectivity index (χ2n) is 9.10. The highest BCUT2D eigenvalue weighted by molar-refractivity contribution is 5.60. The number of rotatable bonds is 4. The van der Waals surface area contributed by atoms with Crippen molar-refractivity contribution in [3.05, 3.63) is 48.0 Å². The molecular formula is C25H34N2O. The van der Waals surface area contributed by atoms with Crippen LogP contribution in [-0.2, 0) is 0 Å². The zero-order chi connectivity index (χ0) is 19.5. The van der Waals surface area contributed by atoms with Crippen LogP contribution in [0.2, 0.25) is 0 Å². The highest BCUT2D eigenvalue weighted by atomic mass is 16.5. The first kappa shape index (κ1) is 19.2. The summed E-state index contributed by atoms with van der Waals surface area (Å²) in [5, 5.41) is 0. The molecular weight excluding hydrogens is 344 g/mol. The van der Waals surface area contributed by atoms with Gasteiger partial charge in [0.25, 0.3) is 0 Å². The summed E-state index contributed by atoms with van der Waals surface area (Å²) < 4.78 is 5.93. The van der Waals surface area contributed by atoms with Crippen LogP contribution in [0.3, 0.4) is 0 Å². The standard InChI is InChI=1S/C25H34N2O/c1-17-2-4-18(5-3-17)19-6-8-20(9-7-19)21-10-13-23(14-11-21)28-25-16-22(26)12-15-24(25)27/h10-20H,2-9,26-27H2,1H3. The zero-order valence-electron chi connectivity index (χ0n) is 17.1. The van der Waals surface area contributed by atoms with Gasteiger partial charge in [-0.15, -0.1) is 0 Å². The summed E-state index contributed by atoms with van der Waals surface area (Å²) in [5.74, 6) is 5.05. The van der Waals surface area contributed by atoms with Gasteiger partial charge in [-0.1, -0.05) is 31.9 Å². The van der Waals surface area contributed by atoms with Gasteiger partial charge >= 0.3 is 0 Å². The second-order valence-corrected chi connectivity index (χ2v) is 9.10. The molecule has 2 saturated carbocycles. The first-order valence-electron chi connectivity index (χ1n) is 11.0.